The van der Waals surface area contributed by atoms with Gasteiger partial charge >= 0.3 is 0 Å². The van der Waals surface area contributed by atoms with Gasteiger partial charge in [-0.3, -0.25) is 4.79 Å². The zero-order valence-electron chi connectivity index (χ0n) is 14.4. The molecule has 1 saturated heterocycles. The Balaban J connectivity index is 2.01. The normalized spacial score (nSPS) is 15.9. The minimum absolute atomic E-state index is 0.108. The lowest BCUT2D eigenvalue weighted by atomic mass is 9.97. The molecule has 1 aliphatic rings. The van der Waals surface area contributed by atoms with Crippen LogP contribution in [-0.2, 0) is 4.79 Å². The number of amides is 1. The van der Waals surface area contributed by atoms with E-state index in [0.717, 1.165) is 50.1 Å². The maximum Gasteiger partial charge on any atom is 0.224 e. The first kappa shape index (κ1) is 17.8. The van der Waals surface area contributed by atoms with Crippen LogP contribution in [-0.4, -0.2) is 30.7 Å². The van der Waals surface area contributed by atoms with Crippen LogP contribution >= 0.6 is 0 Å². The van der Waals surface area contributed by atoms with E-state index >= 15 is 0 Å². The number of benzene rings is 1. The maximum atomic E-state index is 12.3. The second-order valence-electron chi connectivity index (χ2n) is 6.56. The largest absolute Gasteiger partial charge is 0.396 e. The number of carbonyl (C=O) groups is 1. The Kier molecular flexibility index (Phi) is 6.90. The van der Waals surface area contributed by atoms with Crippen molar-refractivity contribution < 1.29 is 9.90 Å². The van der Waals surface area contributed by atoms with Crippen molar-refractivity contribution in [3.63, 3.8) is 0 Å². The average Bonchev–Trinajstić information content (AvgIpc) is 2.60. The van der Waals surface area contributed by atoms with Gasteiger partial charge in [0.2, 0.25) is 5.91 Å². The summed E-state index contributed by atoms with van der Waals surface area (Å²) in [4.78, 5) is 14.6. The summed E-state index contributed by atoms with van der Waals surface area (Å²) in [6.07, 6.45) is 4.69. The monoisotopic (exact) mass is 318 g/mol. The Morgan fingerprint density at radius 2 is 1.91 bits per heavy atom. The van der Waals surface area contributed by atoms with Crippen LogP contribution in [0.25, 0.3) is 0 Å². The highest BCUT2D eigenvalue weighted by Crippen LogP contribution is 2.30. The lowest BCUT2D eigenvalue weighted by molar-refractivity contribution is -0.117. The minimum Gasteiger partial charge on any atom is -0.396 e. The predicted octanol–water partition coefficient (Wildman–Crippen LogP) is 3.66. The number of para-hydroxylation sites is 2. The van der Waals surface area contributed by atoms with Crippen molar-refractivity contribution in [2.24, 2.45) is 11.8 Å². The van der Waals surface area contributed by atoms with Gasteiger partial charge in [0.15, 0.2) is 0 Å². The Morgan fingerprint density at radius 1 is 1.26 bits per heavy atom. The number of nitrogens with zero attached hydrogens (tertiary/aromatic N) is 1. The molecule has 0 aliphatic carbocycles. The summed E-state index contributed by atoms with van der Waals surface area (Å²) in [6.45, 7) is 6.43. The van der Waals surface area contributed by atoms with Gasteiger partial charge < -0.3 is 15.3 Å². The summed E-state index contributed by atoms with van der Waals surface area (Å²) in [7, 11) is 0. The Bertz CT molecular complexity index is 492. The van der Waals surface area contributed by atoms with E-state index < -0.39 is 0 Å². The maximum absolute atomic E-state index is 12.3. The molecular weight excluding hydrogens is 288 g/mol. The summed E-state index contributed by atoms with van der Waals surface area (Å²) >= 11 is 0. The Hall–Kier alpha value is -1.55. The van der Waals surface area contributed by atoms with Gasteiger partial charge in [-0.05, 0) is 36.8 Å². The zero-order valence-corrected chi connectivity index (χ0v) is 14.4. The number of aliphatic hydroxyl groups excluding tert-OH is 1. The molecule has 4 nitrogen and oxygen atoms in total. The van der Waals surface area contributed by atoms with Crippen molar-refractivity contribution in [2.45, 2.75) is 46.0 Å². The molecule has 4 heteroatoms. The van der Waals surface area contributed by atoms with E-state index in [1.807, 2.05) is 18.2 Å². The second-order valence-corrected chi connectivity index (χ2v) is 6.56. The molecular formula is C19H30N2O2. The Labute approximate surface area is 139 Å². The summed E-state index contributed by atoms with van der Waals surface area (Å²) in [5.74, 6) is 0.988. The summed E-state index contributed by atoms with van der Waals surface area (Å²) in [6, 6.07) is 8.05. The fraction of sp³-hybridized carbons (Fsp3) is 0.632. The van der Waals surface area contributed by atoms with E-state index in [1.54, 1.807) is 0 Å². The van der Waals surface area contributed by atoms with Crippen molar-refractivity contribution in [3.05, 3.63) is 24.3 Å². The standard InChI is InChI=1S/C19H30N2O2/c1-3-15(4-2)13-19(23)20-17-7-5-6-8-18(17)21-11-9-16(14-22)10-12-21/h5-8,15-16,22H,3-4,9-14H2,1-2H3,(H,20,23). The highest BCUT2D eigenvalue weighted by molar-refractivity contribution is 5.94. The quantitative estimate of drug-likeness (QED) is 0.806. The topological polar surface area (TPSA) is 52.6 Å². The number of hydrogen-bond donors (Lipinski definition) is 2. The molecule has 0 saturated carbocycles. The predicted molar refractivity (Wildman–Crippen MR) is 95.8 cm³/mol. The smallest absolute Gasteiger partial charge is 0.224 e. The minimum atomic E-state index is 0.108. The van der Waals surface area contributed by atoms with Crippen molar-refractivity contribution in [1.29, 1.82) is 0 Å². The number of carbonyl (C=O) groups excluding carboxylic acids is 1. The number of piperidine rings is 1. The number of nitrogens with one attached hydrogen (secondary N) is 1. The summed E-state index contributed by atoms with van der Waals surface area (Å²) < 4.78 is 0. The molecule has 1 aliphatic heterocycles. The molecule has 1 aromatic rings. The summed E-state index contributed by atoms with van der Waals surface area (Å²) in [5, 5.41) is 12.4. The number of hydrogen-bond acceptors (Lipinski definition) is 3. The Morgan fingerprint density at radius 3 is 2.52 bits per heavy atom. The van der Waals surface area contributed by atoms with Crippen LogP contribution in [0.3, 0.4) is 0 Å². The number of aliphatic hydroxyl groups is 1. The fourth-order valence-corrected chi connectivity index (χ4v) is 3.25. The third-order valence-corrected chi connectivity index (χ3v) is 5.02. The van der Waals surface area contributed by atoms with Gasteiger partial charge in [-0.15, -0.1) is 0 Å². The molecule has 1 amide bonds. The van der Waals surface area contributed by atoms with E-state index in [1.165, 1.54) is 0 Å². The molecule has 0 radical (unpaired) electrons. The van der Waals surface area contributed by atoms with Crippen molar-refractivity contribution in [1.82, 2.24) is 0 Å². The van der Waals surface area contributed by atoms with Crippen LogP contribution in [0.1, 0.15) is 46.0 Å². The van der Waals surface area contributed by atoms with E-state index in [0.29, 0.717) is 18.3 Å². The average molecular weight is 318 g/mol. The third-order valence-electron chi connectivity index (χ3n) is 5.02. The van der Waals surface area contributed by atoms with Gasteiger partial charge in [-0.1, -0.05) is 38.8 Å². The van der Waals surface area contributed by atoms with Crippen LogP contribution in [0, 0.1) is 11.8 Å². The molecule has 0 unspecified atom stereocenters. The van der Waals surface area contributed by atoms with E-state index in [-0.39, 0.29) is 12.5 Å². The van der Waals surface area contributed by atoms with Gasteiger partial charge in [-0.2, -0.15) is 0 Å². The van der Waals surface area contributed by atoms with Gasteiger partial charge in [0, 0.05) is 26.1 Å². The lowest BCUT2D eigenvalue weighted by Crippen LogP contribution is -2.35. The van der Waals surface area contributed by atoms with Crippen LogP contribution in [0.2, 0.25) is 0 Å². The third kappa shape index (κ3) is 4.96. The number of rotatable bonds is 7. The SMILES string of the molecule is CCC(CC)CC(=O)Nc1ccccc1N1CCC(CO)CC1. The first-order valence-corrected chi connectivity index (χ1v) is 8.92. The molecule has 0 aromatic heterocycles. The van der Waals surface area contributed by atoms with Crippen molar-refractivity contribution >= 4 is 17.3 Å². The zero-order chi connectivity index (χ0) is 16.7. The molecule has 23 heavy (non-hydrogen) atoms. The second kappa shape index (κ2) is 8.92. The molecule has 0 atom stereocenters. The molecule has 1 aromatic carbocycles. The van der Waals surface area contributed by atoms with Gasteiger partial charge in [0.25, 0.3) is 0 Å². The van der Waals surface area contributed by atoms with E-state index in [9.17, 15) is 9.90 Å². The molecule has 128 valence electrons. The summed E-state index contributed by atoms with van der Waals surface area (Å²) in [5.41, 5.74) is 2.01. The highest BCUT2D eigenvalue weighted by atomic mass is 16.3. The highest BCUT2D eigenvalue weighted by Gasteiger charge is 2.21. The van der Waals surface area contributed by atoms with Crippen LogP contribution in [0.5, 0.6) is 0 Å². The van der Waals surface area contributed by atoms with Crippen LogP contribution in [0.4, 0.5) is 11.4 Å². The van der Waals surface area contributed by atoms with Crippen molar-refractivity contribution in [2.75, 3.05) is 29.9 Å². The van der Waals surface area contributed by atoms with Gasteiger partial charge in [0.1, 0.15) is 0 Å². The van der Waals surface area contributed by atoms with Crippen LogP contribution in [0.15, 0.2) is 24.3 Å². The van der Waals surface area contributed by atoms with E-state index in [4.69, 9.17) is 0 Å². The molecule has 0 bridgehead atoms. The lowest BCUT2D eigenvalue weighted by Gasteiger charge is -2.34. The fourth-order valence-electron chi connectivity index (χ4n) is 3.25. The van der Waals surface area contributed by atoms with Gasteiger partial charge in [0.05, 0.1) is 11.4 Å². The van der Waals surface area contributed by atoms with E-state index in [2.05, 4.69) is 30.1 Å². The number of anilines is 2. The molecule has 1 heterocycles. The molecule has 2 N–H and O–H groups in total. The van der Waals surface area contributed by atoms with Crippen molar-refractivity contribution in [3.8, 4) is 0 Å². The molecule has 1 fully saturated rings. The van der Waals surface area contributed by atoms with Crippen LogP contribution < -0.4 is 10.2 Å². The first-order valence-electron chi connectivity index (χ1n) is 8.92. The molecule has 0 spiro atoms. The first-order chi connectivity index (χ1) is 11.2. The van der Waals surface area contributed by atoms with Gasteiger partial charge in [-0.25, -0.2) is 0 Å². The molecule has 2 rings (SSSR count).